The Bertz CT molecular complexity index is 282. The fourth-order valence-electron chi connectivity index (χ4n) is 0.929. The molecular formula is C9H12ClNO2. The van der Waals surface area contributed by atoms with Crippen LogP contribution in [0.4, 0.5) is 0 Å². The van der Waals surface area contributed by atoms with Crippen molar-refractivity contribution >= 4 is 18.4 Å². The molecule has 1 rings (SSSR count). The summed E-state index contributed by atoms with van der Waals surface area (Å²) in [5, 5.41) is 8.58. The molecule has 0 bridgehead atoms. The Labute approximate surface area is 83.0 Å². The summed E-state index contributed by atoms with van der Waals surface area (Å²) in [6, 6.07) is 6.53. The number of hydrogen-bond acceptors (Lipinski definition) is 2. The summed E-state index contributed by atoms with van der Waals surface area (Å²) >= 11 is 0. The lowest BCUT2D eigenvalue weighted by Gasteiger charge is -2.04. The summed E-state index contributed by atoms with van der Waals surface area (Å²) in [6.07, 6.45) is 0. The second-order valence-electron chi connectivity index (χ2n) is 2.72. The first kappa shape index (κ1) is 11.9. The summed E-state index contributed by atoms with van der Waals surface area (Å²) in [5.41, 5.74) is 6.83. The topological polar surface area (TPSA) is 63.3 Å². The molecule has 0 spiro atoms. The minimum Gasteiger partial charge on any atom is -0.478 e. The van der Waals surface area contributed by atoms with E-state index in [0.29, 0.717) is 5.56 Å². The molecule has 0 aliphatic carbocycles. The van der Waals surface area contributed by atoms with Crippen molar-refractivity contribution in [2.75, 3.05) is 0 Å². The maximum absolute atomic E-state index is 10.5. The number of hydrogen-bond donors (Lipinski definition) is 2. The monoisotopic (exact) mass is 201 g/mol. The van der Waals surface area contributed by atoms with Crippen LogP contribution in [0.1, 0.15) is 28.9 Å². The highest BCUT2D eigenvalue weighted by Crippen LogP contribution is 2.10. The molecule has 0 aromatic heterocycles. The smallest absolute Gasteiger partial charge is 0.335 e. The lowest BCUT2D eigenvalue weighted by atomic mass is 10.1. The van der Waals surface area contributed by atoms with Gasteiger partial charge in [-0.15, -0.1) is 12.4 Å². The van der Waals surface area contributed by atoms with E-state index >= 15 is 0 Å². The van der Waals surface area contributed by atoms with Crippen molar-refractivity contribution < 1.29 is 9.90 Å². The van der Waals surface area contributed by atoms with Crippen LogP contribution in [-0.4, -0.2) is 11.1 Å². The Morgan fingerprint density at radius 2 is 1.85 bits per heavy atom. The van der Waals surface area contributed by atoms with Crippen molar-refractivity contribution in [2.45, 2.75) is 13.0 Å². The van der Waals surface area contributed by atoms with Crippen LogP contribution in [0.25, 0.3) is 0 Å². The number of rotatable bonds is 2. The third-order valence-corrected chi connectivity index (χ3v) is 1.68. The van der Waals surface area contributed by atoms with Gasteiger partial charge >= 0.3 is 5.97 Å². The first-order valence-electron chi connectivity index (χ1n) is 3.70. The summed E-state index contributed by atoms with van der Waals surface area (Å²) in [5.74, 6) is -0.911. The summed E-state index contributed by atoms with van der Waals surface area (Å²) < 4.78 is 0. The second-order valence-corrected chi connectivity index (χ2v) is 2.72. The molecule has 13 heavy (non-hydrogen) atoms. The van der Waals surface area contributed by atoms with E-state index in [1.807, 2.05) is 6.92 Å². The molecule has 3 nitrogen and oxygen atoms in total. The van der Waals surface area contributed by atoms with Crippen LogP contribution < -0.4 is 5.73 Å². The van der Waals surface area contributed by atoms with E-state index in [2.05, 4.69) is 0 Å². The average molecular weight is 202 g/mol. The van der Waals surface area contributed by atoms with Crippen molar-refractivity contribution in [3.05, 3.63) is 35.4 Å². The lowest BCUT2D eigenvalue weighted by Crippen LogP contribution is -2.05. The molecule has 0 saturated heterocycles. The van der Waals surface area contributed by atoms with E-state index in [1.165, 1.54) is 0 Å². The van der Waals surface area contributed by atoms with Gasteiger partial charge in [0.25, 0.3) is 0 Å². The van der Waals surface area contributed by atoms with Gasteiger partial charge in [-0.1, -0.05) is 12.1 Å². The van der Waals surface area contributed by atoms with Gasteiger partial charge in [0.15, 0.2) is 0 Å². The largest absolute Gasteiger partial charge is 0.478 e. The van der Waals surface area contributed by atoms with Crippen LogP contribution in [0.5, 0.6) is 0 Å². The molecule has 3 N–H and O–H groups in total. The molecule has 4 heteroatoms. The highest BCUT2D eigenvalue weighted by molar-refractivity contribution is 5.87. The molecule has 0 aliphatic heterocycles. The van der Waals surface area contributed by atoms with Gasteiger partial charge in [0, 0.05) is 6.04 Å². The fourth-order valence-corrected chi connectivity index (χ4v) is 0.929. The van der Waals surface area contributed by atoms with Crippen molar-refractivity contribution in [3.8, 4) is 0 Å². The molecule has 0 fully saturated rings. The zero-order valence-corrected chi connectivity index (χ0v) is 8.04. The van der Waals surface area contributed by atoms with E-state index < -0.39 is 5.97 Å². The van der Waals surface area contributed by atoms with Crippen molar-refractivity contribution in [1.29, 1.82) is 0 Å². The molecule has 0 aliphatic rings. The Morgan fingerprint density at radius 1 is 1.38 bits per heavy atom. The molecule has 1 aromatic carbocycles. The van der Waals surface area contributed by atoms with Crippen LogP contribution in [0.2, 0.25) is 0 Å². The quantitative estimate of drug-likeness (QED) is 0.768. The molecular weight excluding hydrogens is 190 g/mol. The molecule has 1 unspecified atom stereocenters. The Hall–Kier alpha value is -1.06. The van der Waals surface area contributed by atoms with E-state index in [9.17, 15) is 4.79 Å². The number of aromatic carboxylic acids is 1. The van der Waals surface area contributed by atoms with Gasteiger partial charge in [-0.25, -0.2) is 4.79 Å². The number of carbonyl (C=O) groups is 1. The molecule has 0 heterocycles. The van der Waals surface area contributed by atoms with Crippen molar-refractivity contribution in [2.24, 2.45) is 5.73 Å². The predicted molar refractivity (Wildman–Crippen MR) is 53.3 cm³/mol. The van der Waals surface area contributed by atoms with Gasteiger partial charge in [-0.2, -0.15) is 0 Å². The SMILES string of the molecule is CC(N)c1ccc(C(=O)O)cc1.Cl. The highest BCUT2D eigenvalue weighted by atomic mass is 35.5. The van der Waals surface area contributed by atoms with Gasteiger partial charge in [-0.05, 0) is 24.6 Å². The van der Waals surface area contributed by atoms with Crippen LogP contribution in [0.15, 0.2) is 24.3 Å². The van der Waals surface area contributed by atoms with E-state index in [-0.39, 0.29) is 18.4 Å². The Kier molecular flexibility index (Phi) is 4.45. The molecule has 72 valence electrons. The van der Waals surface area contributed by atoms with Crippen LogP contribution in [0.3, 0.4) is 0 Å². The number of nitrogens with two attached hydrogens (primary N) is 1. The van der Waals surface area contributed by atoms with Crippen molar-refractivity contribution in [3.63, 3.8) is 0 Å². The van der Waals surface area contributed by atoms with Crippen molar-refractivity contribution in [1.82, 2.24) is 0 Å². The third-order valence-electron chi connectivity index (χ3n) is 1.68. The number of benzene rings is 1. The summed E-state index contributed by atoms with van der Waals surface area (Å²) in [7, 11) is 0. The molecule has 0 saturated carbocycles. The van der Waals surface area contributed by atoms with Gasteiger partial charge in [-0.3, -0.25) is 0 Å². The zero-order chi connectivity index (χ0) is 9.14. The number of carboxylic acids is 1. The van der Waals surface area contributed by atoms with Gasteiger partial charge in [0.1, 0.15) is 0 Å². The van der Waals surface area contributed by atoms with Crippen LogP contribution in [0, 0.1) is 0 Å². The van der Waals surface area contributed by atoms with Crippen LogP contribution >= 0.6 is 12.4 Å². The third kappa shape index (κ3) is 3.05. The maximum atomic E-state index is 10.5. The van der Waals surface area contributed by atoms with E-state index in [1.54, 1.807) is 24.3 Å². The summed E-state index contributed by atoms with van der Waals surface area (Å²) in [6.45, 7) is 1.86. The van der Waals surface area contributed by atoms with E-state index in [0.717, 1.165) is 5.56 Å². The summed E-state index contributed by atoms with van der Waals surface area (Å²) in [4.78, 5) is 10.5. The van der Waals surface area contributed by atoms with Gasteiger partial charge in [0.05, 0.1) is 5.56 Å². The number of carboxylic acid groups (broad SMARTS) is 1. The van der Waals surface area contributed by atoms with Crippen LogP contribution in [-0.2, 0) is 0 Å². The highest BCUT2D eigenvalue weighted by Gasteiger charge is 2.02. The lowest BCUT2D eigenvalue weighted by molar-refractivity contribution is 0.0697. The first-order valence-corrected chi connectivity index (χ1v) is 3.70. The van der Waals surface area contributed by atoms with Gasteiger partial charge in [0.2, 0.25) is 0 Å². The van der Waals surface area contributed by atoms with Gasteiger partial charge < -0.3 is 10.8 Å². The minimum absolute atomic E-state index is 0. The average Bonchev–Trinajstić information content (AvgIpc) is 2.04. The Balaban J connectivity index is 0.00000144. The molecule has 0 radical (unpaired) electrons. The standard InChI is InChI=1S/C9H11NO2.ClH/c1-6(10)7-2-4-8(5-3-7)9(11)12;/h2-6H,10H2,1H3,(H,11,12);1H. The minimum atomic E-state index is -0.911. The molecule has 1 atom stereocenters. The Morgan fingerprint density at radius 3 is 2.15 bits per heavy atom. The maximum Gasteiger partial charge on any atom is 0.335 e. The molecule has 1 aromatic rings. The van der Waals surface area contributed by atoms with E-state index in [4.69, 9.17) is 10.8 Å². The molecule has 0 amide bonds. The first-order chi connectivity index (χ1) is 5.61. The normalized spacial score (nSPS) is 11.5. The fraction of sp³-hybridized carbons (Fsp3) is 0.222. The second kappa shape index (κ2) is 4.84. The number of halogens is 1. The zero-order valence-electron chi connectivity index (χ0n) is 7.23. The predicted octanol–water partition coefficient (Wildman–Crippen LogP) is 1.83.